The van der Waals surface area contributed by atoms with E-state index in [2.05, 4.69) is 5.32 Å². The minimum atomic E-state index is -3.71. The van der Waals surface area contributed by atoms with Gasteiger partial charge in [-0.2, -0.15) is 0 Å². The molecule has 238 valence electrons. The number of hydrogen-bond acceptors (Lipinski definition) is 5. The molecule has 0 aliphatic carbocycles. The van der Waals surface area contributed by atoms with Crippen molar-refractivity contribution in [1.82, 2.24) is 10.2 Å². The molecule has 2 amide bonds. The summed E-state index contributed by atoms with van der Waals surface area (Å²) in [5.41, 5.74) is 1.16. The first kappa shape index (κ1) is 35.5. The summed E-state index contributed by atoms with van der Waals surface area (Å²) in [5, 5.41) is 4.00. The number of anilines is 1. The molecule has 0 aliphatic rings. The third-order valence-electron chi connectivity index (χ3n) is 6.73. The van der Waals surface area contributed by atoms with Gasteiger partial charge in [0.05, 0.1) is 24.1 Å². The molecule has 3 aromatic carbocycles. The molecule has 44 heavy (non-hydrogen) atoms. The highest BCUT2D eigenvalue weighted by Crippen LogP contribution is 2.31. The SMILES string of the molecule is COc1ccc(N(CCCC(=O)N(Cc2c(Cl)cccc2Cl)[C@H](Cc2ccccc2)C(=O)NC(C)(C)C)S(C)(=O)=O)cc1Cl. The summed E-state index contributed by atoms with van der Waals surface area (Å²) < 4.78 is 31.8. The fourth-order valence-electron chi connectivity index (χ4n) is 4.67. The van der Waals surface area contributed by atoms with Gasteiger partial charge in [0, 0.05) is 47.1 Å². The van der Waals surface area contributed by atoms with Crippen LogP contribution in [0, 0.1) is 0 Å². The van der Waals surface area contributed by atoms with Crippen LogP contribution in [0.1, 0.15) is 44.7 Å². The van der Waals surface area contributed by atoms with Gasteiger partial charge in [-0.25, -0.2) is 8.42 Å². The average Bonchev–Trinajstić information content (AvgIpc) is 2.93. The van der Waals surface area contributed by atoms with Gasteiger partial charge in [0.2, 0.25) is 21.8 Å². The molecular formula is C32H38Cl3N3O5S. The first-order valence-corrected chi connectivity index (χ1v) is 17.0. The summed E-state index contributed by atoms with van der Waals surface area (Å²) in [6.07, 6.45) is 1.45. The molecule has 0 radical (unpaired) electrons. The van der Waals surface area contributed by atoms with Crippen LogP contribution in [-0.2, 0) is 32.6 Å². The molecule has 3 aromatic rings. The van der Waals surface area contributed by atoms with Gasteiger partial charge in [-0.15, -0.1) is 0 Å². The maximum Gasteiger partial charge on any atom is 0.243 e. The van der Waals surface area contributed by atoms with Crippen molar-refractivity contribution in [2.24, 2.45) is 0 Å². The average molecular weight is 683 g/mol. The number of nitrogens with zero attached hydrogens (tertiary/aromatic N) is 2. The monoisotopic (exact) mass is 681 g/mol. The number of hydrogen-bond donors (Lipinski definition) is 1. The van der Waals surface area contributed by atoms with Gasteiger partial charge in [0.1, 0.15) is 11.8 Å². The Hall–Kier alpha value is -2.98. The second kappa shape index (κ2) is 15.3. The number of halogens is 3. The van der Waals surface area contributed by atoms with Gasteiger partial charge in [0.25, 0.3) is 0 Å². The number of methoxy groups -OCH3 is 1. The van der Waals surface area contributed by atoms with E-state index in [0.29, 0.717) is 27.0 Å². The smallest absolute Gasteiger partial charge is 0.243 e. The standard InChI is InChI=1S/C32H38Cl3N3O5S/c1-32(2,3)36-31(40)28(19-22-11-7-6-8-12-22)37(21-24-25(33)13-9-14-26(24)34)30(39)15-10-18-38(44(5,41)42)23-16-17-29(43-4)27(35)20-23/h6-9,11-14,16-17,20,28H,10,15,18-19,21H2,1-5H3,(H,36,40)/t28-/m1/s1. The molecule has 12 heteroatoms. The highest BCUT2D eigenvalue weighted by atomic mass is 35.5. The summed E-state index contributed by atoms with van der Waals surface area (Å²) in [7, 11) is -2.25. The molecule has 1 atom stereocenters. The van der Waals surface area contributed by atoms with Crippen molar-refractivity contribution >= 4 is 62.3 Å². The van der Waals surface area contributed by atoms with Gasteiger partial charge in [0.15, 0.2) is 0 Å². The lowest BCUT2D eigenvalue weighted by Crippen LogP contribution is -2.54. The third-order valence-corrected chi connectivity index (χ3v) is 8.93. The molecule has 0 spiro atoms. The number of benzene rings is 3. The topological polar surface area (TPSA) is 96.0 Å². The Kier molecular flexibility index (Phi) is 12.4. The lowest BCUT2D eigenvalue weighted by atomic mass is 10.00. The zero-order chi connectivity index (χ0) is 32.7. The summed E-state index contributed by atoms with van der Waals surface area (Å²) in [6, 6.07) is 18.2. The van der Waals surface area contributed by atoms with Crippen LogP contribution in [0.5, 0.6) is 5.75 Å². The maximum atomic E-state index is 14.0. The van der Waals surface area contributed by atoms with Gasteiger partial charge < -0.3 is 15.0 Å². The van der Waals surface area contributed by atoms with Crippen molar-refractivity contribution in [3.63, 3.8) is 0 Å². The molecule has 1 N–H and O–H groups in total. The molecule has 0 aromatic heterocycles. The molecule has 0 unspecified atom stereocenters. The number of amides is 2. The van der Waals surface area contributed by atoms with E-state index in [0.717, 1.165) is 11.8 Å². The van der Waals surface area contributed by atoms with Crippen molar-refractivity contribution in [3.8, 4) is 5.75 Å². The second-order valence-electron chi connectivity index (χ2n) is 11.4. The predicted octanol–water partition coefficient (Wildman–Crippen LogP) is 6.76. The minimum absolute atomic E-state index is 0.00542. The molecule has 3 rings (SSSR count). The van der Waals surface area contributed by atoms with E-state index in [1.54, 1.807) is 30.3 Å². The molecule has 8 nitrogen and oxygen atoms in total. The fourth-order valence-corrected chi connectivity index (χ4v) is 6.40. The molecule has 0 bridgehead atoms. The Balaban J connectivity index is 1.95. The van der Waals surface area contributed by atoms with Crippen molar-refractivity contribution in [3.05, 3.63) is 92.9 Å². The van der Waals surface area contributed by atoms with Crippen LogP contribution in [0.25, 0.3) is 0 Å². The van der Waals surface area contributed by atoms with Crippen LogP contribution in [0.4, 0.5) is 5.69 Å². The predicted molar refractivity (Wildman–Crippen MR) is 178 cm³/mol. The van der Waals surface area contributed by atoms with Crippen molar-refractivity contribution in [2.75, 3.05) is 24.2 Å². The Bertz CT molecular complexity index is 1540. The van der Waals surface area contributed by atoms with Crippen LogP contribution in [0.15, 0.2) is 66.7 Å². The van der Waals surface area contributed by atoms with E-state index in [1.165, 1.54) is 22.4 Å². The quantitative estimate of drug-likeness (QED) is 0.215. The highest BCUT2D eigenvalue weighted by molar-refractivity contribution is 7.92. The van der Waals surface area contributed by atoms with E-state index in [9.17, 15) is 18.0 Å². The van der Waals surface area contributed by atoms with Crippen molar-refractivity contribution in [2.45, 2.75) is 58.2 Å². The first-order chi connectivity index (χ1) is 20.6. The Morgan fingerprint density at radius 1 is 0.932 bits per heavy atom. The zero-order valence-corrected chi connectivity index (χ0v) is 28.5. The molecule has 0 saturated carbocycles. The normalized spacial score (nSPS) is 12.4. The van der Waals surface area contributed by atoms with E-state index in [-0.39, 0.29) is 49.2 Å². The summed E-state index contributed by atoms with van der Waals surface area (Å²) >= 11 is 19.3. The summed E-state index contributed by atoms with van der Waals surface area (Å²) in [5.74, 6) is -0.276. The number of rotatable bonds is 13. The largest absolute Gasteiger partial charge is 0.495 e. The van der Waals surface area contributed by atoms with Crippen molar-refractivity contribution in [1.29, 1.82) is 0 Å². The van der Waals surface area contributed by atoms with Gasteiger partial charge in [-0.1, -0.05) is 71.2 Å². The Labute approximate surface area is 275 Å². The number of carbonyl (C=O) groups excluding carboxylic acids is 2. The van der Waals surface area contributed by atoms with Crippen molar-refractivity contribution < 1.29 is 22.7 Å². The number of nitrogens with one attached hydrogen (secondary N) is 1. The van der Waals surface area contributed by atoms with E-state index in [4.69, 9.17) is 39.5 Å². The van der Waals surface area contributed by atoms with Gasteiger partial charge >= 0.3 is 0 Å². The van der Waals surface area contributed by atoms with E-state index >= 15 is 0 Å². The highest BCUT2D eigenvalue weighted by Gasteiger charge is 2.33. The molecule has 0 aliphatic heterocycles. The Morgan fingerprint density at radius 2 is 1.57 bits per heavy atom. The molecule has 0 fully saturated rings. The first-order valence-electron chi connectivity index (χ1n) is 14.0. The summed E-state index contributed by atoms with van der Waals surface area (Å²) in [6.45, 7) is 5.59. The number of carbonyl (C=O) groups is 2. The van der Waals surface area contributed by atoms with Crippen LogP contribution in [0.2, 0.25) is 15.1 Å². The number of sulfonamides is 1. The van der Waals surface area contributed by atoms with Crippen LogP contribution < -0.4 is 14.4 Å². The second-order valence-corrected chi connectivity index (χ2v) is 14.6. The maximum absolute atomic E-state index is 14.0. The van der Waals surface area contributed by atoms with E-state index < -0.39 is 21.6 Å². The summed E-state index contributed by atoms with van der Waals surface area (Å²) in [4.78, 5) is 29.3. The van der Waals surface area contributed by atoms with E-state index in [1.807, 2.05) is 51.1 Å². The van der Waals surface area contributed by atoms with Crippen LogP contribution in [0.3, 0.4) is 0 Å². The molecular weight excluding hydrogens is 645 g/mol. The lowest BCUT2D eigenvalue weighted by molar-refractivity contribution is -0.142. The van der Waals surface area contributed by atoms with Gasteiger partial charge in [-0.05, 0) is 63.1 Å². The lowest BCUT2D eigenvalue weighted by Gasteiger charge is -2.34. The zero-order valence-electron chi connectivity index (χ0n) is 25.4. The Morgan fingerprint density at radius 3 is 2.11 bits per heavy atom. The minimum Gasteiger partial charge on any atom is -0.495 e. The molecule has 0 heterocycles. The fraction of sp³-hybridized carbons (Fsp3) is 0.375. The number of ether oxygens (including phenoxy) is 1. The van der Waals surface area contributed by atoms with Crippen LogP contribution >= 0.6 is 34.8 Å². The van der Waals surface area contributed by atoms with Crippen LogP contribution in [-0.4, -0.2) is 56.6 Å². The molecule has 0 saturated heterocycles. The van der Waals surface area contributed by atoms with Gasteiger partial charge in [-0.3, -0.25) is 13.9 Å². The third kappa shape index (κ3) is 10.0.